The number of benzene rings is 3. The van der Waals surface area contributed by atoms with Crippen molar-refractivity contribution in [1.29, 1.82) is 0 Å². The third-order valence-corrected chi connectivity index (χ3v) is 5.81. The molecule has 37 heavy (non-hydrogen) atoms. The third kappa shape index (κ3) is 6.68. The summed E-state index contributed by atoms with van der Waals surface area (Å²) in [7, 11) is 1.47. The molecule has 0 saturated carbocycles. The van der Waals surface area contributed by atoms with Crippen LogP contribution in [0.4, 0.5) is 0 Å². The number of halogens is 1. The highest BCUT2D eigenvalue weighted by Gasteiger charge is 2.17. The lowest BCUT2D eigenvalue weighted by Crippen LogP contribution is -2.16. The molecule has 0 aliphatic heterocycles. The molecular formula is C30H24ClNO5. The van der Waals surface area contributed by atoms with Crippen molar-refractivity contribution in [3.63, 3.8) is 0 Å². The van der Waals surface area contributed by atoms with E-state index in [1.165, 1.54) is 13.2 Å². The molecule has 7 heteroatoms. The molecule has 0 fully saturated rings. The van der Waals surface area contributed by atoms with Crippen LogP contribution in [0.15, 0.2) is 72.8 Å². The highest BCUT2D eigenvalue weighted by Crippen LogP contribution is 2.27. The zero-order valence-corrected chi connectivity index (χ0v) is 20.8. The molecule has 1 unspecified atom stereocenters. The van der Waals surface area contributed by atoms with Crippen molar-refractivity contribution in [2.24, 2.45) is 0 Å². The Hall–Kier alpha value is -4.31. The van der Waals surface area contributed by atoms with Gasteiger partial charge in [0.1, 0.15) is 36.4 Å². The summed E-state index contributed by atoms with van der Waals surface area (Å²) in [6.45, 7) is 0.139. The van der Waals surface area contributed by atoms with Crippen LogP contribution in [0, 0.1) is 12.3 Å². The maximum atomic E-state index is 11.7. The van der Waals surface area contributed by atoms with Crippen LogP contribution in [0.3, 0.4) is 0 Å². The largest absolute Gasteiger partial charge is 0.497 e. The molecule has 4 rings (SSSR count). The molecule has 0 saturated heterocycles. The van der Waals surface area contributed by atoms with Gasteiger partial charge in [-0.1, -0.05) is 53.9 Å². The van der Waals surface area contributed by atoms with Gasteiger partial charge in [0.25, 0.3) is 0 Å². The number of methoxy groups -OCH3 is 1. The minimum Gasteiger partial charge on any atom is -0.497 e. The topological polar surface area (TPSA) is 77.9 Å². The second-order valence-electron chi connectivity index (χ2n) is 8.06. The zero-order chi connectivity index (χ0) is 26.2. The van der Waals surface area contributed by atoms with Gasteiger partial charge in [0.15, 0.2) is 0 Å². The Morgan fingerprint density at radius 2 is 1.95 bits per heavy atom. The predicted octanol–water partition coefficient (Wildman–Crippen LogP) is 6.54. The maximum Gasteiger partial charge on any atom is 0.339 e. The fourth-order valence-corrected chi connectivity index (χ4v) is 3.89. The summed E-state index contributed by atoms with van der Waals surface area (Å²) in [4.78, 5) is 16.3. The Morgan fingerprint density at radius 1 is 1.11 bits per heavy atom. The van der Waals surface area contributed by atoms with Crippen molar-refractivity contribution in [2.75, 3.05) is 20.3 Å². The second kappa shape index (κ2) is 12.1. The van der Waals surface area contributed by atoms with E-state index in [2.05, 4.69) is 10.9 Å². The minimum absolute atomic E-state index is 0.00379. The molecule has 0 spiro atoms. The molecular weight excluding hydrogens is 490 g/mol. The average molecular weight is 514 g/mol. The van der Waals surface area contributed by atoms with Crippen LogP contribution in [0.25, 0.3) is 23.1 Å². The molecule has 4 aromatic rings. The van der Waals surface area contributed by atoms with Gasteiger partial charge in [0.2, 0.25) is 0 Å². The standard InChI is InChI=1S/C30H24ClNO5/c1-3-15-36-29(19-37-28-14-13-25(35-2)18-26(28)30(33)34)22-6-4-5-20(16-22)7-11-24-12-9-21-8-10-23(31)17-27(21)32-24/h1,4-14,16-18,29H,15,19H2,2H3,(H,33,34)/b11-7+. The van der Waals surface area contributed by atoms with Crippen molar-refractivity contribution in [3.05, 3.63) is 100 Å². The van der Waals surface area contributed by atoms with Gasteiger partial charge in [-0.2, -0.15) is 0 Å². The second-order valence-corrected chi connectivity index (χ2v) is 8.50. The molecule has 0 aliphatic rings. The number of aromatic nitrogens is 1. The van der Waals surface area contributed by atoms with Crippen molar-refractivity contribution in [1.82, 2.24) is 4.98 Å². The van der Waals surface area contributed by atoms with Crippen molar-refractivity contribution in [2.45, 2.75) is 6.10 Å². The van der Waals surface area contributed by atoms with E-state index in [0.29, 0.717) is 10.8 Å². The van der Waals surface area contributed by atoms with Crippen molar-refractivity contribution < 1.29 is 24.1 Å². The summed E-state index contributed by atoms with van der Waals surface area (Å²) in [5.41, 5.74) is 3.37. The molecule has 0 aliphatic carbocycles. The van der Waals surface area contributed by atoms with E-state index in [4.69, 9.17) is 32.2 Å². The SMILES string of the molecule is C#CCOC(COc1ccc(OC)cc1C(=O)O)c1cccc(/C=C/c2ccc3ccc(Cl)cc3n2)c1. The number of nitrogens with zero attached hydrogens (tertiary/aromatic N) is 1. The first-order chi connectivity index (χ1) is 18.0. The quantitative estimate of drug-likeness (QED) is 0.243. The molecule has 1 aromatic heterocycles. The molecule has 1 N–H and O–H groups in total. The number of carboxylic acid groups (broad SMARTS) is 1. The number of ether oxygens (including phenoxy) is 3. The first kappa shape index (κ1) is 25.8. The average Bonchev–Trinajstić information content (AvgIpc) is 2.91. The highest BCUT2D eigenvalue weighted by atomic mass is 35.5. The van der Waals surface area contributed by atoms with E-state index in [1.807, 2.05) is 66.7 Å². The van der Waals surface area contributed by atoms with Crippen LogP contribution in [-0.4, -0.2) is 36.4 Å². The van der Waals surface area contributed by atoms with Crippen LogP contribution >= 0.6 is 11.6 Å². The summed E-state index contributed by atoms with van der Waals surface area (Å²) < 4.78 is 16.8. The van der Waals surface area contributed by atoms with E-state index < -0.39 is 12.1 Å². The van der Waals surface area contributed by atoms with Gasteiger partial charge in [-0.3, -0.25) is 0 Å². The molecule has 1 atom stereocenters. The first-order valence-electron chi connectivity index (χ1n) is 11.4. The molecule has 0 amide bonds. The number of carbonyl (C=O) groups is 1. The molecule has 1 heterocycles. The van der Waals surface area contributed by atoms with Gasteiger partial charge in [0.05, 0.1) is 18.3 Å². The van der Waals surface area contributed by atoms with Gasteiger partial charge in [-0.05, 0) is 59.7 Å². The number of hydrogen-bond donors (Lipinski definition) is 1. The Kier molecular flexibility index (Phi) is 8.42. The Labute approximate surface area is 220 Å². The summed E-state index contributed by atoms with van der Waals surface area (Å²) in [5.74, 6) is 1.99. The van der Waals surface area contributed by atoms with Crippen LogP contribution in [0.5, 0.6) is 11.5 Å². The minimum atomic E-state index is -1.12. The van der Waals surface area contributed by atoms with E-state index in [0.717, 1.165) is 27.7 Å². The van der Waals surface area contributed by atoms with E-state index in [1.54, 1.807) is 12.1 Å². The molecule has 6 nitrogen and oxygen atoms in total. The van der Waals surface area contributed by atoms with Gasteiger partial charge >= 0.3 is 5.97 Å². The number of pyridine rings is 1. The van der Waals surface area contributed by atoms with Crippen LogP contribution in [0.1, 0.15) is 33.3 Å². The number of terminal acetylenes is 1. The number of rotatable bonds is 10. The molecule has 0 radical (unpaired) electrons. The van der Waals surface area contributed by atoms with E-state index in [9.17, 15) is 9.90 Å². The zero-order valence-electron chi connectivity index (χ0n) is 20.1. The lowest BCUT2D eigenvalue weighted by Gasteiger charge is -2.19. The van der Waals surface area contributed by atoms with Crippen molar-refractivity contribution >= 4 is 40.6 Å². The Balaban J connectivity index is 1.54. The van der Waals surface area contributed by atoms with Crippen LogP contribution in [0.2, 0.25) is 5.02 Å². The summed E-state index contributed by atoms with van der Waals surface area (Å²) in [5, 5.41) is 11.2. The number of hydrogen-bond acceptors (Lipinski definition) is 5. The van der Waals surface area contributed by atoms with Crippen LogP contribution in [-0.2, 0) is 4.74 Å². The van der Waals surface area contributed by atoms with Gasteiger partial charge in [-0.15, -0.1) is 6.42 Å². The normalized spacial score (nSPS) is 11.8. The predicted molar refractivity (Wildman–Crippen MR) is 145 cm³/mol. The summed E-state index contributed by atoms with van der Waals surface area (Å²) in [6.07, 6.45) is 8.77. The Bertz CT molecular complexity index is 1490. The first-order valence-corrected chi connectivity index (χ1v) is 11.8. The smallest absolute Gasteiger partial charge is 0.339 e. The number of carboxylic acids is 1. The maximum absolute atomic E-state index is 11.7. The van der Waals surface area contributed by atoms with E-state index >= 15 is 0 Å². The lowest BCUT2D eigenvalue weighted by molar-refractivity contribution is 0.0375. The van der Waals surface area contributed by atoms with Gasteiger partial charge < -0.3 is 19.3 Å². The summed E-state index contributed by atoms with van der Waals surface area (Å²) in [6, 6.07) is 21.9. The van der Waals surface area contributed by atoms with Gasteiger partial charge in [0, 0.05) is 10.4 Å². The molecule has 186 valence electrons. The van der Waals surface area contributed by atoms with E-state index in [-0.39, 0.29) is 24.5 Å². The number of aromatic carboxylic acids is 1. The highest BCUT2D eigenvalue weighted by molar-refractivity contribution is 6.31. The number of fused-ring (bicyclic) bond motifs is 1. The lowest BCUT2D eigenvalue weighted by atomic mass is 10.1. The van der Waals surface area contributed by atoms with Gasteiger partial charge in [-0.25, -0.2) is 9.78 Å². The fourth-order valence-electron chi connectivity index (χ4n) is 3.73. The Morgan fingerprint density at radius 3 is 2.73 bits per heavy atom. The van der Waals surface area contributed by atoms with Crippen LogP contribution < -0.4 is 9.47 Å². The summed E-state index contributed by atoms with van der Waals surface area (Å²) >= 11 is 6.10. The van der Waals surface area contributed by atoms with Crippen molar-refractivity contribution in [3.8, 4) is 23.8 Å². The molecule has 0 bridgehead atoms. The monoisotopic (exact) mass is 513 g/mol. The third-order valence-electron chi connectivity index (χ3n) is 5.58. The molecule has 3 aromatic carbocycles. The fraction of sp³-hybridized carbons (Fsp3) is 0.133.